The van der Waals surface area contributed by atoms with Crippen molar-refractivity contribution in [2.45, 2.75) is 46.1 Å². The van der Waals surface area contributed by atoms with Crippen LogP contribution in [0, 0.1) is 5.92 Å². The van der Waals surface area contributed by atoms with Crippen molar-refractivity contribution >= 4 is 11.7 Å². The first-order chi connectivity index (χ1) is 10.9. The molecule has 130 valence electrons. The predicted octanol–water partition coefficient (Wildman–Crippen LogP) is 3.62. The molecule has 1 aromatic carbocycles. The molecule has 5 heteroatoms. The van der Waals surface area contributed by atoms with Crippen molar-refractivity contribution in [3.63, 3.8) is 0 Å². The first-order valence-corrected chi connectivity index (χ1v) is 8.14. The lowest BCUT2D eigenvalue weighted by molar-refractivity contribution is 0.0601. The van der Waals surface area contributed by atoms with E-state index in [-0.39, 0.29) is 11.5 Å². The van der Waals surface area contributed by atoms with E-state index in [1.54, 1.807) is 6.07 Å². The summed E-state index contributed by atoms with van der Waals surface area (Å²) in [7, 11) is 1.38. The Morgan fingerprint density at radius 3 is 2.61 bits per heavy atom. The molecule has 2 N–H and O–H groups in total. The van der Waals surface area contributed by atoms with E-state index < -0.39 is 0 Å². The maximum atomic E-state index is 11.8. The molecule has 0 saturated heterocycles. The van der Waals surface area contributed by atoms with E-state index in [1.165, 1.54) is 7.11 Å². The van der Waals surface area contributed by atoms with Crippen LogP contribution in [0.25, 0.3) is 0 Å². The van der Waals surface area contributed by atoms with Gasteiger partial charge >= 0.3 is 5.97 Å². The molecule has 0 aliphatic rings. The van der Waals surface area contributed by atoms with Gasteiger partial charge in [0.2, 0.25) is 0 Å². The molecule has 1 aromatic rings. The second kappa shape index (κ2) is 9.53. The van der Waals surface area contributed by atoms with Crippen molar-refractivity contribution in [2.24, 2.45) is 5.92 Å². The molecule has 0 saturated carbocycles. The lowest BCUT2D eigenvalue weighted by Gasteiger charge is -2.27. The number of carbonyl (C=O) groups excluding carboxylic acids is 1. The van der Waals surface area contributed by atoms with Crippen molar-refractivity contribution in [3.8, 4) is 0 Å². The number of anilines is 1. The first-order valence-electron chi connectivity index (χ1n) is 8.14. The molecule has 0 aromatic heterocycles. The Morgan fingerprint density at radius 1 is 1.26 bits per heavy atom. The summed E-state index contributed by atoms with van der Waals surface area (Å²) in [6, 6.07) is 7.28. The number of para-hydroxylation sites is 1. The average molecular weight is 322 g/mol. The summed E-state index contributed by atoms with van der Waals surface area (Å²) in [6.07, 6.45) is 1.94. The second-order valence-electron chi connectivity index (χ2n) is 6.74. The van der Waals surface area contributed by atoms with Gasteiger partial charge < -0.3 is 14.9 Å². The number of hydrazine groups is 1. The summed E-state index contributed by atoms with van der Waals surface area (Å²) in [5.41, 5.74) is 7.52. The lowest BCUT2D eigenvalue weighted by atomic mass is 10.00. The zero-order valence-corrected chi connectivity index (χ0v) is 14.9. The van der Waals surface area contributed by atoms with Crippen LogP contribution in [0.5, 0.6) is 0 Å². The van der Waals surface area contributed by atoms with Crippen LogP contribution in [0.2, 0.25) is 0 Å². The van der Waals surface area contributed by atoms with E-state index in [0.29, 0.717) is 17.2 Å². The topological polar surface area (TPSA) is 59.6 Å². The summed E-state index contributed by atoms with van der Waals surface area (Å²) >= 11 is 0. The van der Waals surface area contributed by atoms with E-state index in [2.05, 4.69) is 38.5 Å². The highest BCUT2D eigenvalue weighted by Crippen LogP contribution is 2.17. The minimum Gasteiger partial charge on any atom is -0.465 e. The van der Waals surface area contributed by atoms with E-state index in [1.807, 2.05) is 18.2 Å². The molecule has 23 heavy (non-hydrogen) atoms. The maximum absolute atomic E-state index is 11.8. The highest BCUT2D eigenvalue weighted by atomic mass is 16.5. The average Bonchev–Trinajstić information content (AvgIpc) is 2.52. The van der Waals surface area contributed by atoms with Crippen LogP contribution in [0.1, 0.15) is 50.9 Å². The van der Waals surface area contributed by atoms with E-state index >= 15 is 0 Å². The van der Waals surface area contributed by atoms with Gasteiger partial charge in [0.15, 0.2) is 0 Å². The zero-order chi connectivity index (χ0) is 17.3. The van der Waals surface area contributed by atoms with Gasteiger partial charge in [-0.1, -0.05) is 26.0 Å². The second-order valence-corrected chi connectivity index (χ2v) is 6.74. The summed E-state index contributed by atoms with van der Waals surface area (Å²) in [6.45, 7) is 10.1. The number of benzene rings is 1. The van der Waals surface area contributed by atoms with Crippen molar-refractivity contribution in [1.82, 2.24) is 5.43 Å². The summed E-state index contributed by atoms with van der Waals surface area (Å²) in [5.74, 6) is 0.215. The molecular weight excluding hydrogens is 292 g/mol. The van der Waals surface area contributed by atoms with E-state index in [4.69, 9.17) is 9.47 Å². The number of hydrogen-bond acceptors (Lipinski definition) is 5. The van der Waals surface area contributed by atoms with Gasteiger partial charge in [-0.2, -0.15) is 0 Å². The Hall–Kier alpha value is -1.59. The van der Waals surface area contributed by atoms with Crippen LogP contribution in [-0.2, 0) is 9.47 Å². The summed E-state index contributed by atoms with van der Waals surface area (Å²) in [5, 5.41) is 0. The van der Waals surface area contributed by atoms with Crippen molar-refractivity contribution in [3.05, 3.63) is 29.8 Å². The first kappa shape index (κ1) is 19.5. The van der Waals surface area contributed by atoms with Gasteiger partial charge in [-0.25, -0.2) is 10.2 Å². The highest BCUT2D eigenvalue weighted by molar-refractivity contribution is 5.95. The fraction of sp³-hybridized carbons (Fsp3) is 0.611. The van der Waals surface area contributed by atoms with Crippen molar-refractivity contribution in [2.75, 3.05) is 25.7 Å². The Balaban J connectivity index is 2.45. The number of nitrogens with one attached hydrogen (secondary N) is 2. The molecule has 1 rings (SSSR count). The van der Waals surface area contributed by atoms with Gasteiger partial charge in [-0.15, -0.1) is 0 Å². The molecule has 0 amide bonds. The standard InChI is InChI=1S/C18H30N2O3/c1-14(2)13-23-12-8-11-18(3,4)20-19-16-10-7-6-9-15(16)17(21)22-5/h6-7,9-10,14,19-20H,8,11-13H2,1-5H3. The summed E-state index contributed by atoms with van der Waals surface area (Å²) < 4.78 is 10.4. The Bertz CT molecular complexity index is 487. The number of rotatable bonds is 10. The molecule has 5 nitrogen and oxygen atoms in total. The Morgan fingerprint density at radius 2 is 1.96 bits per heavy atom. The van der Waals surface area contributed by atoms with Gasteiger partial charge in [0.1, 0.15) is 0 Å². The third-order valence-corrected chi connectivity index (χ3v) is 3.41. The van der Waals surface area contributed by atoms with E-state index in [0.717, 1.165) is 26.1 Å². The van der Waals surface area contributed by atoms with Gasteiger partial charge in [0.05, 0.1) is 18.4 Å². The minimum atomic E-state index is -0.352. The van der Waals surface area contributed by atoms with Crippen LogP contribution < -0.4 is 10.9 Å². The minimum absolute atomic E-state index is 0.121. The molecule has 0 aliphatic heterocycles. The quantitative estimate of drug-likeness (QED) is 0.391. The Kier molecular flexibility index (Phi) is 8.06. The molecule has 0 fully saturated rings. The normalized spacial score (nSPS) is 11.6. The number of carbonyl (C=O) groups is 1. The SMILES string of the molecule is COC(=O)c1ccccc1NNC(C)(C)CCCOCC(C)C. The third kappa shape index (κ3) is 7.48. The molecule has 0 aliphatic carbocycles. The van der Waals surface area contributed by atoms with Crippen LogP contribution >= 0.6 is 0 Å². The van der Waals surface area contributed by atoms with Crippen molar-refractivity contribution in [1.29, 1.82) is 0 Å². The van der Waals surface area contributed by atoms with Gasteiger partial charge in [-0.3, -0.25) is 0 Å². The fourth-order valence-corrected chi connectivity index (χ4v) is 2.11. The smallest absolute Gasteiger partial charge is 0.340 e. The number of esters is 1. The monoisotopic (exact) mass is 322 g/mol. The van der Waals surface area contributed by atoms with Crippen LogP contribution in [0.3, 0.4) is 0 Å². The molecular formula is C18H30N2O3. The lowest BCUT2D eigenvalue weighted by Crippen LogP contribution is -2.43. The van der Waals surface area contributed by atoms with Gasteiger partial charge in [0, 0.05) is 18.8 Å². The van der Waals surface area contributed by atoms with Crippen LogP contribution in [0.4, 0.5) is 5.69 Å². The number of ether oxygens (including phenoxy) is 2. The van der Waals surface area contributed by atoms with Crippen molar-refractivity contribution < 1.29 is 14.3 Å². The number of methoxy groups -OCH3 is 1. The Labute approximate surface area is 139 Å². The highest BCUT2D eigenvalue weighted by Gasteiger charge is 2.18. The molecule has 0 unspecified atom stereocenters. The van der Waals surface area contributed by atoms with E-state index in [9.17, 15) is 4.79 Å². The molecule has 0 radical (unpaired) electrons. The third-order valence-electron chi connectivity index (χ3n) is 3.41. The zero-order valence-electron chi connectivity index (χ0n) is 14.9. The summed E-state index contributed by atoms with van der Waals surface area (Å²) in [4.78, 5) is 11.8. The molecule has 0 atom stereocenters. The van der Waals surface area contributed by atoms with Crippen LogP contribution in [-0.4, -0.2) is 31.8 Å². The van der Waals surface area contributed by atoms with Gasteiger partial charge in [0.25, 0.3) is 0 Å². The maximum Gasteiger partial charge on any atom is 0.340 e. The predicted molar refractivity (Wildman–Crippen MR) is 93.5 cm³/mol. The van der Waals surface area contributed by atoms with Gasteiger partial charge in [-0.05, 0) is 44.7 Å². The largest absolute Gasteiger partial charge is 0.465 e. The molecule has 0 bridgehead atoms. The number of hydrogen-bond donors (Lipinski definition) is 2. The van der Waals surface area contributed by atoms with Crippen LogP contribution in [0.15, 0.2) is 24.3 Å². The fourth-order valence-electron chi connectivity index (χ4n) is 2.11. The molecule has 0 spiro atoms. The molecule has 0 heterocycles.